The van der Waals surface area contributed by atoms with E-state index in [-0.39, 0.29) is 0 Å². The largest absolute Gasteiger partial charge is 0.373 e. The molecule has 0 aromatic rings. The molecule has 0 aromatic carbocycles. The molecule has 1 heterocycles. The van der Waals surface area contributed by atoms with Crippen molar-refractivity contribution in [2.24, 2.45) is 4.99 Å². The Morgan fingerprint density at radius 3 is 2.67 bits per heavy atom. The molecule has 1 rings (SSSR count). The molecule has 0 aliphatic carbocycles. The molecule has 3 heteroatoms. The summed E-state index contributed by atoms with van der Waals surface area (Å²) in [6.45, 7) is 4.32. The van der Waals surface area contributed by atoms with Crippen molar-refractivity contribution in [2.75, 3.05) is 0 Å². The fourth-order valence-corrected chi connectivity index (χ4v) is 1.26. The Labute approximate surface area is 69.3 Å². The summed E-state index contributed by atoms with van der Waals surface area (Å²) in [5.74, 6) is 0. The predicted octanol–water partition coefficient (Wildman–Crippen LogP) is 1.20. The molecule has 1 N–H and O–H groups in total. The maximum Gasteiger partial charge on any atom is 0.0830 e. The minimum Gasteiger partial charge on any atom is -0.373 e. The monoisotopic (exact) mass is 238 g/mol. The first-order valence-electron chi connectivity index (χ1n) is 3.13. The number of aliphatic imine (C=N–C) groups is 1. The van der Waals surface area contributed by atoms with Crippen molar-refractivity contribution in [3.63, 3.8) is 0 Å². The maximum atomic E-state index is 4.22. The van der Waals surface area contributed by atoms with Crippen molar-refractivity contribution >= 4 is 28.9 Å². The predicted molar refractivity (Wildman–Crippen MR) is 48.4 cm³/mol. The van der Waals surface area contributed by atoms with E-state index in [1.54, 1.807) is 0 Å². The number of halogens is 1. The summed E-state index contributed by atoms with van der Waals surface area (Å²) in [7, 11) is 0. The molecule has 0 bridgehead atoms. The van der Waals surface area contributed by atoms with Crippen LogP contribution in [0.2, 0.25) is 0 Å². The molecule has 3 atom stereocenters. The van der Waals surface area contributed by atoms with Crippen molar-refractivity contribution in [1.82, 2.24) is 5.32 Å². The molecule has 0 amide bonds. The van der Waals surface area contributed by atoms with E-state index in [2.05, 4.69) is 46.7 Å². The van der Waals surface area contributed by atoms with Crippen molar-refractivity contribution in [3.05, 3.63) is 0 Å². The second-order valence-corrected chi connectivity index (χ2v) is 3.86. The van der Waals surface area contributed by atoms with Crippen LogP contribution in [0.25, 0.3) is 0 Å². The smallest absolute Gasteiger partial charge is 0.0830 e. The van der Waals surface area contributed by atoms with Crippen molar-refractivity contribution < 1.29 is 0 Å². The van der Waals surface area contributed by atoms with Gasteiger partial charge in [0.1, 0.15) is 0 Å². The summed E-state index contributed by atoms with van der Waals surface area (Å²) >= 11 is 2.43. The highest BCUT2D eigenvalue weighted by molar-refractivity contribution is 14.1. The minimum absolute atomic E-state index is 0.474. The van der Waals surface area contributed by atoms with Crippen LogP contribution in [0.1, 0.15) is 13.8 Å². The van der Waals surface area contributed by atoms with Crippen LogP contribution in [-0.4, -0.2) is 22.3 Å². The normalized spacial score (nSPS) is 42.3. The topological polar surface area (TPSA) is 24.4 Å². The van der Waals surface area contributed by atoms with E-state index in [0.717, 1.165) is 0 Å². The van der Waals surface area contributed by atoms with Crippen molar-refractivity contribution in [1.29, 1.82) is 0 Å². The molecule has 0 radical (unpaired) electrons. The molecule has 52 valence electrons. The van der Waals surface area contributed by atoms with Gasteiger partial charge in [0.2, 0.25) is 0 Å². The number of nitrogens with one attached hydrogen (secondary N) is 1. The van der Waals surface area contributed by atoms with Crippen molar-refractivity contribution in [3.8, 4) is 0 Å². The molecule has 0 aromatic heterocycles. The molecule has 3 unspecified atom stereocenters. The zero-order chi connectivity index (χ0) is 6.85. The molecule has 0 spiro atoms. The summed E-state index contributed by atoms with van der Waals surface area (Å²) < 4.78 is 0.632. The van der Waals surface area contributed by atoms with Gasteiger partial charge in [-0.2, -0.15) is 0 Å². The summed E-state index contributed by atoms with van der Waals surface area (Å²) in [6, 6.07) is 1.04. The van der Waals surface area contributed by atoms with Crippen LogP contribution in [0.4, 0.5) is 0 Å². The average molecular weight is 238 g/mol. The minimum atomic E-state index is 0.474. The number of hydrogen-bond acceptors (Lipinski definition) is 2. The Balaban J connectivity index is 2.58. The molecule has 1 aliphatic heterocycles. The third kappa shape index (κ3) is 1.56. The first-order valence-corrected chi connectivity index (χ1v) is 4.38. The molecular formula is C6H11IN2. The Kier molecular flexibility index (Phi) is 2.32. The maximum absolute atomic E-state index is 4.22. The van der Waals surface area contributed by atoms with Gasteiger partial charge in [0, 0.05) is 6.04 Å². The lowest BCUT2D eigenvalue weighted by Crippen LogP contribution is -2.42. The summed E-state index contributed by atoms with van der Waals surface area (Å²) in [6.07, 6.45) is 1.81. The highest BCUT2D eigenvalue weighted by Gasteiger charge is 2.21. The van der Waals surface area contributed by atoms with Crippen LogP contribution >= 0.6 is 22.6 Å². The van der Waals surface area contributed by atoms with Gasteiger partial charge in [-0.05, 0) is 13.8 Å². The van der Waals surface area contributed by atoms with E-state index in [0.29, 0.717) is 16.0 Å². The number of nitrogens with zero attached hydrogens (tertiary/aromatic N) is 1. The SMILES string of the molecule is CC1N=CNC(C)C1I. The fraction of sp³-hybridized carbons (Fsp3) is 0.833. The van der Waals surface area contributed by atoms with E-state index in [9.17, 15) is 0 Å². The summed E-state index contributed by atoms with van der Waals surface area (Å²) in [5.41, 5.74) is 0. The second kappa shape index (κ2) is 2.86. The van der Waals surface area contributed by atoms with Crippen LogP contribution in [-0.2, 0) is 0 Å². The van der Waals surface area contributed by atoms with Gasteiger partial charge in [-0.3, -0.25) is 4.99 Å². The van der Waals surface area contributed by atoms with E-state index >= 15 is 0 Å². The Bertz CT molecular complexity index is 124. The molecule has 0 saturated carbocycles. The van der Waals surface area contributed by atoms with Gasteiger partial charge in [0.25, 0.3) is 0 Å². The zero-order valence-electron chi connectivity index (χ0n) is 5.63. The van der Waals surface area contributed by atoms with Gasteiger partial charge in [0.05, 0.1) is 16.3 Å². The molecule has 2 nitrogen and oxygen atoms in total. The van der Waals surface area contributed by atoms with E-state index in [1.165, 1.54) is 0 Å². The standard InChI is InChI=1S/C6H11IN2/c1-4-6(7)5(2)9-3-8-4/h3-6H,1-2H3,(H,8,9). The average Bonchev–Trinajstić information content (AvgIpc) is 1.83. The van der Waals surface area contributed by atoms with Crippen LogP contribution in [0.5, 0.6) is 0 Å². The second-order valence-electron chi connectivity index (χ2n) is 2.42. The Morgan fingerprint density at radius 2 is 2.22 bits per heavy atom. The van der Waals surface area contributed by atoms with E-state index in [4.69, 9.17) is 0 Å². The summed E-state index contributed by atoms with van der Waals surface area (Å²) in [5, 5.41) is 3.16. The molecule has 0 saturated heterocycles. The van der Waals surface area contributed by atoms with Crippen LogP contribution in [0.3, 0.4) is 0 Å². The highest BCUT2D eigenvalue weighted by atomic mass is 127. The number of rotatable bonds is 0. The zero-order valence-corrected chi connectivity index (χ0v) is 7.79. The van der Waals surface area contributed by atoms with Crippen LogP contribution in [0.15, 0.2) is 4.99 Å². The lowest BCUT2D eigenvalue weighted by molar-refractivity contribution is 0.552. The van der Waals surface area contributed by atoms with Crippen molar-refractivity contribution in [2.45, 2.75) is 29.9 Å². The fourth-order valence-electron chi connectivity index (χ4n) is 0.870. The Hall–Kier alpha value is 0.200. The molecular weight excluding hydrogens is 227 g/mol. The quantitative estimate of drug-likeness (QED) is 0.497. The number of alkyl halides is 1. The third-order valence-corrected chi connectivity index (χ3v) is 3.71. The Morgan fingerprint density at radius 1 is 1.56 bits per heavy atom. The lowest BCUT2D eigenvalue weighted by Gasteiger charge is -2.26. The lowest BCUT2D eigenvalue weighted by atomic mass is 10.1. The van der Waals surface area contributed by atoms with Gasteiger partial charge in [0.15, 0.2) is 0 Å². The van der Waals surface area contributed by atoms with Gasteiger partial charge in [-0.1, -0.05) is 22.6 Å². The first-order chi connectivity index (χ1) is 4.22. The van der Waals surface area contributed by atoms with Gasteiger partial charge in [-0.15, -0.1) is 0 Å². The molecule has 9 heavy (non-hydrogen) atoms. The molecule has 0 fully saturated rings. The highest BCUT2D eigenvalue weighted by Crippen LogP contribution is 2.15. The summed E-state index contributed by atoms with van der Waals surface area (Å²) in [4.78, 5) is 4.22. The van der Waals surface area contributed by atoms with E-state index < -0.39 is 0 Å². The third-order valence-electron chi connectivity index (χ3n) is 1.59. The van der Waals surface area contributed by atoms with E-state index in [1.807, 2.05) is 6.34 Å². The van der Waals surface area contributed by atoms with Gasteiger partial charge < -0.3 is 5.32 Å². The van der Waals surface area contributed by atoms with Crippen LogP contribution in [0, 0.1) is 0 Å². The molecule has 1 aliphatic rings. The number of hydrogen-bond donors (Lipinski definition) is 1. The van der Waals surface area contributed by atoms with Crippen LogP contribution < -0.4 is 5.32 Å². The van der Waals surface area contributed by atoms with Gasteiger partial charge >= 0.3 is 0 Å². The van der Waals surface area contributed by atoms with Gasteiger partial charge in [-0.25, -0.2) is 0 Å². The first kappa shape index (κ1) is 7.31.